The van der Waals surface area contributed by atoms with Crippen LogP contribution in [0.5, 0.6) is 0 Å². The van der Waals surface area contributed by atoms with E-state index < -0.39 is 0 Å². The summed E-state index contributed by atoms with van der Waals surface area (Å²) in [6, 6.07) is 11.3. The van der Waals surface area contributed by atoms with Crippen molar-refractivity contribution < 1.29 is 0 Å². The summed E-state index contributed by atoms with van der Waals surface area (Å²) in [5.41, 5.74) is 1.25. The van der Waals surface area contributed by atoms with E-state index in [0.717, 1.165) is 15.8 Å². The summed E-state index contributed by atoms with van der Waals surface area (Å²) in [5, 5.41) is 0. The molecule has 0 saturated heterocycles. The van der Waals surface area contributed by atoms with Crippen LogP contribution in [-0.2, 0) is 20.5 Å². The standard InChI is InChI=1S/C13H14N2O2/c1-14-11(8-10-6-4-3-5-7-10)9-12(16)15(2)13(14)17/h3-7,9H,8H2,1-2H3. The van der Waals surface area contributed by atoms with Gasteiger partial charge in [0.05, 0.1) is 0 Å². The molecule has 88 valence electrons. The van der Waals surface area contributed by atoms with Gasteiger partial charge in [0.1, 0.15) is 0 Å². The van der Waals surface area contributed by atoms with Crippen molar-refractivity contribution in [2.75, 3.05) is 0 Å². The summed E-state index contributed by atoms with van der Waals surface area (Å²) in [6.45, 7) is 0. The Morgan fingerprint density at radius 1 is 1.00 bits per heavy atom. The number of hydrogen-bond donors (Lipinski definition) is 0. The maximum atomic E-state index is 11.7. The highest BCUT2D eigenvalue weighted by Gasteiger charge is 2.06. The third-order valence-electron chi connectivity index (χ3n) is 2.85. The second kappa shape index (κ2) is 4.41. The molecule has 1 aromatic carbocycles. The van der Waals surface area contributed by atoms with Gasteiger partial charge in [-0.05, 0) is 5.56 Å². The minimum atomic E-state index is -0.288. The molecule has 1 heterocycles. The fourth-order valence-corrected chi connectivity index (χ4v) is 1.75. The largest absolute Gasteiger partial charge is 0.330 e. The topological polar surface area (TPSA) is 44.0 Å². The Hall–Kier alpha value is -2.10. The molecule has 0 aliphatic rings. The molecule has 4 nitrogen and oxygen atoms in total. The summed E-state index contributed by atoms with van der Waals surface area (Å²) in [7, 11) is 3.16. The van der Waals surface area contributed by atoms with Gasteiger partial charge in [0, 0.05) is 32.3 Å². The van der Waals surface area contributed by atoms with Crippen LogP contribution in [0.15, 0.2) is 46.0 Å². The van der Waals surface area contributed by atoms with Gasteiger partial charge in [-0.15, -0.1) is 0 Å². The maximum Gasteiger partial charge on any atom is 0.330 e. The third kappa shape index (κ3) is 2.20. The normalized spacial score (nSPS) is 10.5. The van der Waals surface area contributed by atoms with Crippen molar-refractivity contribution in [1.82, 2.24) is 9.13 Å². The smallest absolute Gasteiger partial charge is 0.300 e. The van der Waals surface area contributed by atoms with Gasteiger partial charge in [-0.25, -0.2) is 4.79 Å². The lowest BCUT2D eigenvalue weighted by atomic mass is 10.1. The van der Waals surface area contributed by atoms with Crippen LogP contribution < -0.4 is 11.2 Å². The minimum Gasteiger partial charge on any atom is -0.300 e. The third-order valence-corrected chi connectivity index (χ3v) is 2.85. The molecule has 4 heteroatoms. The first-order chi connectivity index (χ1) is 8.09. The molecule has 0 fully saturated rings. The molecule has 0 radical (unpaired) electrons. The van der Waals surface area contributed by atoms with Gasteiger partial charge in [-0.2, -0.15) is 0 Å². The summed E-state index contributed by atoms with van der Waals surface area (Å²) < 4.78 is 2.61. The molecular weight excluding hydrogens is 216 g/mol. The van der Waals surface area contributed by atoms with Crippen LogP contribution in [0, 0.1) is 0 Å². The zero-order valence-corrected chi connectivity index (χ0v) is 9.88. The Labute approximate surface area is 98.8 Å². The van der Waals surface area contributed by atoms with E-state index in [-0.39, 0.29) is 11.2 Å². The second-order valence-electron chi connectivity index (χ2n) is 4.04. The molecule has 0 N–H and O–H groups in total. The molecule has 0 aliphatic carbocycles. The lowest BCUT2D eigenvalue weighted by Crippen LogP contribution is -2.38. The molecule has 0 aliphatic heterocycles. The highest BCUT2D eigenvalue weighted by atomic mass is 16.2. The molecule has 2 aromatic rings. The highest BCUT2D eigenvalue weighted by molar-refractivity contribution is 5.21. The van der Waals surface area contributed by atoms with E-state index >= 15 is 0 Å². The van der Waals surface area contributed by atoms with Gasteiger partial charge >= 0.3 is 5.69 Å². The van der Waals surface area contributed by atoms with Crippen LogP contribution in [-0.4, -0.2) is 9.13 Å². The van der Waals surface area contributed by atoms with Crippen LogP contribution >= 0.6 is 0 Å². The number of hydrogen-bond acceptors (Lipinski definition) is 2. The molecule has 0 unspecified atom stereocenters. The number of nitrogens with zero attached hydrogens (tertiary/aromatic N) is 2. The predicted molar refractivity (Wildman–Crippen MR) is 66.2 cm³/mol. The molecule has 17 heavy (non-hydrogen) atoms. The number of aromatic nitrogens is 2. The van der Waals surface area contributed by atoms with Crippen molar-refractivity contribution in [3.63, 3.8) is 0 Å². The molecule has 0 atom stereocenters. The van der Waals surface area contributed by atoms with Crippen molar-refractivity contribution in [2.45, 2.75) is 6.42 Å². The van der Waals surface area contributed by atoms with Gasteiger partial charge in [0.15, 0.2) is 0 Å². The van der Waals surface area contributed by atoms with Crippen molar-refractivity contribution in [3.05, 3.63) is 68.5 Å². The lowest BCUT2D eigenvalue weighted by molar-refractivity contribution is 0.658. The molecule has 2 rings (SSSR count). The molecule has 1 aromatic heterocycles. The Kier molecular flexibility index (Phi) is 2.95. The Bertz CT molecular complexity index is 639. The summed E-state index contributed by atoms with van der Waals surface area (Å²) in [4.78, 5) is 23.3. The maximum absolute atomic E-state index is 11.7. The number of rotatable bonds is 2. The molecular formula is C13H14N2O2. The quantitative estimate of drug-likeness (QED) is 0.761. The fourth-order valence-electron chi connectivity index (χ4n) is 1.75. The van der Waals surface area contributed by atoms with Crippen LogP contribution in [0.4, 0.5) is 0 Å². The molecule has 0 spiro atoms. The SMILES string of the molecule is Cn1c(Cc2ccccc2)cc(=O)n(C)c1=O. The van der Waals surface area contributed by atoms with E-state index in [9.17, 15) is 9.59 Å². The molecule has 0 saturated carbocycles. The zero-order valence-electron chi connectivity index (χ0n) is 9.88. The van der Waals surface area contributed by atoms with Crippen molar-refractivity contribution in [1.29, 1.82) is 0 Å². The van der Waals surface area contributed by atoms with Crippen LogP contribution in [0.25, 0.3) is 0 Å². The van der Waals surface area contributed by atoms with Crippen molar-refractivity contribution in [2.24, 2.45) is 14.1 Å². The Morgan fingerprint density at radius 3 is 2.29 bits per heavy atom. The van der Waals surface area contributed by atoms with Crippen LogP contribution in [0.3, 0.4) is 0 Å². The first-order valence-electron chi connectivity index (χ1n) is 5.39. The summed E-state index contributed by atoms with van der Waals surface area (Å²) in [6.07, 6.45) is 0.586. The van der Waals surface area contributed by atoms with Gasteiger partial charge in [-0.1, -0.05) is 30.3 Å². The average Bonchev–Trinajstić information content (AvgIpc) is 2.35. The van der Waals surface area contributed by atoms with Crippen molar-refractivity contribution >= 4 is 0 Å². The Morgan fingerprint density at radius 2 is 1.65 bits per heavy atom. The summed E-state index contributed by atoms with van der Waals surface area (Å²) >= 11 is 0. The van der Waals surface area contributed by atoms with Crippen LogP contribution in [0.1, 0.15) is 11.3 Å². The first-order valence-corrected chi connectivity index (χ1v) is 5.39. The fraction of sp³-hybridized carbons (Fsp3) is 0.231. The van der Waals surface area contributed by atoms with E-state index in [0.29, 0.717) is 6.42 Å². The second-order valence-corrected chi connectivity index (χ2v) is 4.04. The van der Waals surface area contributed by atoms with Gasteiger partial charge in [0.2, 0.25) is 0 Å². The van der Waals surface area contributed by atoms with E-state index in [1.165, 1.54) is 17.7 Å². The first kappa shape index (κ1) is 11.4. The monoisotopic (exact) mass is 230 g/mol. The van der Waals surface area contributed by atoms with E-state index in [1.807, 2.05) is 30.3 Å². The van der Waals surface area contributed by atoms with E-state index in [2.05, 4.69) is 0 Å². The number of benzene rings is 1. The van der Waals surface area contributed by atoms with Crippen molar-refractivity contribution in [3.8, 4) is 0 Å². The molecule has 0 amide bonds. The predicted octanol–water partition coefficient (Wildman–Crippen LogP) is 0.675. The highest BCUT2D eigenvalue weighted by Crippen LogP contribution is 2.05. The van der Waals surface area contributed by atoms with Gasteiger partial charge in [-0.3, -0.25) is 9.36 Å². The summed E-state index contributed by atoms with van der Waals surface area (Å²) in [5.74, 6) is 0. The average molecular weight is 230 g/mol. The lowest BCUT2D eigenvalue weighted by Gasteiger charge is -2.09. The zero-order chi connectivity index (χ0) is 12.4. The minimum absolute atomic E-state index is 0.265. The van der Waals surface area contributed by atoms with E-state index in [4.69, 9.17) is 0 Å². The Balaban J connectivity index is 2.48. The van der Waals surface area contributed by atoms with Gasteiger partial charge in [0.25, 0.3) is 5.56 Å². The van der Waals surface area contributed by atoms with E-state index in [1.54, 1.807) is 7.05 Å². The molecule has 0 bridgehead atoms. The van der Waals surface area contributed by atoms with Gasteiger partial charge < -0.3 is 4.57 Å². The van der Waals surface area contributed by atoms with Crippen LogP contribution in [0.2, 0.25) is 0 Å².